The maximum Gasteiger partial charge on any atom is 0.158 e. The first-order valence-electron chi connectivity index (χ1n) is 6.81. The molecule has 0 aromatic rings. The number of rotatable bonds is 2. The van der Waals surface area contributed by atoms with Gasteiger partial charge in [-0.3, -0.25) is 4.79 Å². The van der Waals surface area contributed by atoms with E-state index in [4.69, 9.17) is 0 Å². The molecule has 1 unspecified atom stereocenters. The summed E-state index contributed by atoms with van der Waals surface area (Å²) in [5.41, 5.74) is 0. The van der Waals surface area contributed by atoms with Gasteiger partial charge >= 0.3 is 0 Å². The van der Waals surface area contributed by atoms with Gasteiger partial charge in [-0.2, -0.15) is 0 Å². The molecule has 0 spiro atoms. The predicted octanol–water partition coefficient (Wildman–Crippen LogP) is 4.60. The Morgan fingerprint density at radius 1 is 1.00 bits per heavy atom. The Hall–Kier alpha value is -1.11. The zero-order valence-corrected chi connectivity index (χ0v) is 10.9. The largest absolute Gasteiger partial charge is 0.295 e. The zero-order valence-electron chi connectivity index (χ0n) is 10.9. The molecule has 94 valence electrons. The van der Waals surface area contributed by atoms with Crippen molar-refractivity contribution >= 4 is 5.78 Å². The van der Waals surface area contributed by atoms with E-state index in [0.717, 1.165) is 44.9 Å². The SMILES string of the molecule is CC=CC(=O)C1CCC=CCCC=CCCC1. The predicted molar refractivity (Wildman–Crippen MR) is 73.9 cm³/mol. The molecule has 17 heavy (non-hydrogen) atoms. The Morgan fingerprint density at radius 2 is 1.65 bits per heavy atom. The van der Waals surface area contributed by atoms with Crippen LogP contribution in [-0.2, 0) is 4.79 Å². The summed E-state index contributed by atoms with van der Waals surface area (Å²) in [7, 11) is 0. The lowest BCUT2D eigenvalue weighted by molar-refractivity contribution is -0.118. The van der Waals surface area contributed by atoms with Crippen LogP contribution in [0.25, 0.3) is 0 Å². The molecule has 0 fully saturated rings. The highest BCUT2D eigenvalue weighted by Gasteiger charge is 2.14. The van der Waals surface area contributed by atoms with E-state index < -0.39 is 0 Å². The highest BCUT2D eigenvalue weighted by Crippen LogP contribution is 2.18. The molecule has 1 aliphatic rings. The van der Waals surface area contributed by atoms with Gasteiger partial charge in [0.05, 0.1) is 0 Å². The van der Waals surface area contributed by atoms with Crippen molar-refractivity contribution < 1.29 is 4.79 Å². The van der Waals surface area contributed by atoms with Crippen LogP contribution in [0.5, 0.6) is 0 Å². The number of carbonyl (C=O) groups excluding carboxylic acids is 1. The number of ketones is 1. The van der Waals surface area contributed by atoms with Crippen LogP contribution in [0.15, 0.2) is 36.5 Å². The van der Waals surface area contributed by atoms with E-state index in [1.807, 2.05) is 13.0 Å². The molecular weight excluding hydrogens is 208 g/mol. The summed E-state index contributed by atoms with van der Waals surface area (Å²) < 4.78 is 0. The van der Waals surface area contributed by atoms with Gasteiger partial charge in [-0.1, -0.05) is 30.4 Å². The Labute approximate surface area is 105 Å². The zero-order chi connectivity index (χ0) is 12.3. The lowest BCUT2D eigenvalue weighted by Crippen LogP contribution is -2.11. The van der Waals surface area contributed by atoms with Crippen LogP contribution in [-0.4, -0.2) is 5.78 Å². The molecule has 0 aliphatic heterocycles. The summed E-state index contributed by atoms with van der Waals surface area (Å²) in [6.07, 6.45) is 20.2. The van der Waals surface area contributed by atoms with Crippen molar-refractivity contribution in [2.45, 2.75) is 51.9 Å². The van der Waals surface area contributed by atoms with E-state index in [-0.39, 0.29) is 5.92 Å². The average molecular weight is 232 g/mol. The first kappa shape index (κ1) is 14.0. The standard InChI is InChI=1S/C16H24O/c1-2-12-16(17)15-13-10-8-6-4-3-5-7-9-11-14-15/h2,4,6-7,9,12,15H,3,5,8,10-11,13-14H2,1H3. The number of hydrogen-bond donors (Lipinski definition) is 0. The lowest BCUT2D eigenvalue weighted by Gasteiger charge is -2.12. The Bertz CT molecular complexity index is 297. The molecule has 0 aromatic carbocycles. The summed E-state index contributed by atoms with van der Waals surface area (Å²) in [5, 5.41) is 0. The minimum atomic E-state index is 0.226. The van der Waals surface area contributed by atoms with E-state index in [0.29, 0.717) is 5.78 Å². The summed E-state index contributed by atoms with van der Waals surface area (Å²) in [4.78, 5) is 11.9. The Balaban J connectivity index is 2.52. The van der Waals surface area contributed by atoms with Gasteiger partial charge in [0.15, 0.2) is 5.78 Å². The second-order valence-corrected chi connectivity index (χ2v) is 4.63. The van der Waals surface area contributed by atoms with Crippen LogP contribution in [0.2, 0.25) is 0 Å². The van der Waals surface area contributed by atoms with Gasteiger partial charge in [0.1, 0.15) is 0 Å². The molecule has 1 rings (SSSR count). The fourth-order valence-corrected chi connectivity index (χ4v) is 2.17. The van der Waals surface area contributed by atoms with Crippen molar-refractivity contribution in [3.8, 4) is 0 Å². The molecule has 0 aromatic heterocycles. The van der Waals surface area contributed by atoms with Gasteiger partial charge in [0.25, 0.3) is 0 Å². The van der Waals surface area contributed by atoms with Crippen LogP contribution in [0.4, 0.5) is 0 Å². The van der Waals surface area contributed by atoms with Crippen LogP contribution in [0.1, 0.15) is 51.9 Å². The number of hydrogen-bond acceptors (Lipinski definition) is 1. The topological polar surface area (TPSA) is 17.1 Å². The second kappa shape index (κ2) is 8.98. The van der Waals surface area contributed by atoms with Gasteiger partial charge in [-0.25, -0.2) is 0 Å². The molecule has 1 nitrogen and oxygen atoms in total. The van der Waals surface area contributed by atoms with Gasteiger partial charge in [0, 0.05) is 5.92 Å². The third-order valence-electron chi connectivity index (χ3n) is 3.17. The highest BCUT2D eigenvalue weighted by atomic mass is 16.1. The Kier molecular flexibility index (Phi) is 7.37. The fourth-order valence-electron chi connectivity index (χ4n) is 2.17. The number of carbonyl (C=O) groups is 1. The molecule has 0 N–H and O–H groups in total. The molecule has 0 amide bonds. The van der Waals surface area contributed by atoms with E-state index in [1.54, 1.807) is 6.08 Å². The second-order valence-electron chi connectivity index (χ2n) is 4.63. The first-order chi connectivity index (χ1) is 8.34. The molecule has 0 radical (unpaired) electrons. The van der Waals surface area contributed by atoms with Crippen molar-refractivity contribution in [1.29, 1.82) is 0 Å². The third kappa shape index (κ3) is 6.25. The Morgan fingerprint density at radius 3 is 2.35 bits per heavy atom. The van der Waals surface area contributed by atoms with Gasteiger partial charge in [-0.15, -0.1) is 0 Å². The minimum Gasteiger partial charge on any atom is -0.295 e. The van der Waals surface area contributed by atoms with Crippen LogP contribution < -0.4 is 0 Å². The quantitative estimate of drug-likeness (QED) is 0.502. The van der Waals surface area contributed by atoms with Gasteiger partial charge < -0.3 is 0 Å². The maximum atomic E-state index is 11.9. The minimum absolute atomic E-state index is 0.226. The van der Waals surface area contributed by atoms with Crippen LogP contribution in [0, 0.1) is 5.92 Å². The van der Waals surface area contributed by atoms with E-state index in [9.17, 15) is 4.79 Å². The highest BCUT2D eigenvalue weighted by molar-refractivity contribution is 5.91. The smallest absolute Gasteiger partial charge is 0.158 e. The average Bonchev–Trinajstić information content (AvgIpc) is 2.30. The van der Waals surface area contributed by atoms with Gasteiger partial charge in [-0.05, 0) is 57.9 Å². The van der Waals surface area contributed by atoms with Gasteiger partial charge in [0.2, 0.25) is 0 Å². The molecule has 0 bridgehead atoms. The monoisotopic (exact) mass is 232 g/mol. The number of allylic oxidation sites excluding steroid dienone is 6. The van der Waals surface area contributed by atoms with Crippen molar-refractivity contribution in [3.05, 3.63) is 36.5 Å². The molecule has 1 aliphatic carbocycles. The summed E-state index contributed by atoms with van der Waals surface area (Å²) in [6.45, 7) is 1.91. The summed E-state index contributed by atoms with van der Waals surface area (Å²) >= 11 is 0. The van der Waals surface area contributed by atoms with Crippen LogP contribution >= 0.6 is 0 Å². The molecule has 0 heterocycles. The maximum absolute atomic E-state index is 11.9. The lowest BCUT2D eigenvalue weighted by atomic mass is 9.91. The molecular formula is C16H24O. The van der Waals surface area contributed by atoms with E-state index >= 15 is 0 Å². The molecule has 1 heteroatoms. The van der Waals surface area contributed by atoms with Crippen molar-refractivity contribution in [3.63, 3.8) is 0 Å². The summed E-state index contributed by atoms with van der Waals surface area (Å²) in [5.74, 6) is 0.533. The normalized spacial score (nSPS) is 23.2. The van der Waals surface area contributed by atoms with Crippen LogP contribution in [0.3, 0.4) is 0 Å². The molecule has 0 saturated heterocycles. The van der Waals surface area contributed by atoms with E-state index in [1.165, 1.54) is 0 Å². The van der Waals surface area contributed by atoms with Crippen molar-refractivity contribution in [2.24, 2.45) is 5.92 Å². The fraction of sp³-hybridized carbons (Fsp3) is 0.562. The molecule has 0 saturated carbocycles. The van der Waals surface area contributed by atoms with Crippen molar-refractivity contribution in [2.75, 3.05) is 0 Å². The first-order valence-corrected chi connectivity index (χ1v) is 6.81. The van der Waals surface area contributed by atoms with Crippen molar-refractivity contribution in [1.82, 2.24) is 0 Å². The van der Waals surface area contributed by atoms with E-state index in [2.05, 4.69) is 24.3 Å². The third-order valence-corrected chi connectivity index (χ3v) is 3.17. The molecule has 1 atom stereocenters. The summed E-state index contributed by atoms with van der Waals surface area (Å²) in [6, 6.07) is 0.